The molecule has 0 spiro atoms. The van der Waals surface area contributed by atoms with Gasteiger partial charge in [0.1, 0.15) is 24.2 Å². The molecule has 1 saturated heterocycles. The van der Waals surface area contributed by atoms with Crippen LogP contribution < -0.4 is 9.47 Å². The summed E-state index contributed by atoms with van der Waals surface area (Å²) in [7, 11) is 3.77. The molecule has 1 aliphatic heterocycles. The zero-order valence-corrected chi connectivity index (χ0v) is 17.6. The van der Waals surface area contributed by atoms with Gasteiger partial charge < -0.3 is 19.5 Å². The van der Waals surface area contributed by atoms with Crippen LogP contribution >= 0.6 is 0 Å². The van der Waals surface area contributed by atoms with Gasteiger partial charge in [-0.1, -0.05) is 24.3 Å². The van der Waals surface area contributed by atoms with Crippen molar-refractivity contribution >= 4 is 10.8 Å². The Morgan fingerprint density at radius 2 is 1.83 bits per heavy atom. The number of aliphatic hydroxyl groups is 1. The van der Waals surface area contributed by atoms with Gasteiger partial charge in [0, 0.05) is 44.5 Å². The van der Waals surface area contributed by atoms with E-state index in [9.17, 15) is 5.11 Å². The van der Waals surface area contributed by atoms with Crippen molar-refractivity contribution < 1.29 is 14.6 Å². The fraction of sp³-hybridized carbons (Fsp3) is 0.375. The van der Waals surface area contributed by atoms with Gasteiger partial charge in [-0.3, -0.25) is 9.88 Å². The van der Waals surface area contributed by atoms with Crippen molar-refractivity contribution in [2.24, 2.45) is 0 Å². The first-order chi connectivity index (χ1) is 14.6. The molecular formula is C24H29N3O3. The van der Waals surface area contributed by atoms with E-state index in [1.165, 1.54) is 0 Å². The third kappa shape index (κ3) is 4.90. The van der Waals surface area contributed by atoms with Gasteiger partial charge in [0.05, 0.1) is 13.3 Å². The summed E-state index contributed by atoms with van der Waals surface area (Å²) in [6.07, 6.45) is 3.00. The number of aliphatic hydroxyl groups excluding tert-OH is 1. The van der Waals surface area contributed by atoms with Crippen LogP contribution in [-0.4, -0.2) is 79.5 Å². The van der Waals surface area contributed by atoms with Crippen LogP contribution in [0, 0.1) is 0 Å². The Balaban J connectivity index is 1.51. The minimum atomic E-state index is -0.526. The zero-order chi connectivity index (χ0) is 20.9. The average Bonchev–Trinajstić information content (AvgIpc) is 2.78. The van der Waals surface area contributed by atoms with Crippen molar-refractivity contribution in [1.29, 1.82) is 0 Å². The molecule has 2 heterocycles. The van der Waals surface area contributed by atoms with E-state index in [-0.39, 0.29) is 6.61 Å². The van der Waals surface area contributed by atoms with Crippen molar-refractivity contribution in [3.63, 3.8) is 0 Å². The molecule has 6 heteroatoms. The van der Waals surface area contributed by atoms with Crippen LogP contribution in [0.15, 0.2) is 54.9 Å². The van der Waals surface area contributed by atoms with Crippen molar-refractivity contribution in [2.75, 3.05) is 53.5 Å². The molecule has 2 aromatic carbocycles. The van der Waals surface area contributed by atoms with E-state index >= 15 is 0 Å². The summed E-state index contributed by atoms with van der Waals surface area (Å²) >= 11 is 0. The lowest BCUT2D eigenvalue weighted by atomic mass is 9.99. The van der Waals surface area contributed by atoms with Gasteiger partial charge in [-0.15, -0.1) is 0 Å². The van der Waals surface area contributed by atoms with Crippen LogP contribution in [0.25, 0.3) is 21.9 Å². The largest absolute Gasteiger partial charge is 0.495 e. The summed E-state index contributed by atoms with van der Waals surface area (Å²) < 4.78 is 11.4. The quantitative estimate of drug-likeness (QED) is 0.650. The van der Waals surface area contributed by atoms with E-state index in [2.05, 4.69) is 34.0 Å². The monoisotopic (exact) mass is 407 g/mol. The van der Waals surface area contributed by atoms with E-state index in [1.807, 2.05) is 36.5 Å². The summed E-state index contributed by atoms with van der Waals surface area (Å²) in [4.78, 5) is 8.90. The number of piperazine rings is 1. The average molecular weight is 408 g/mol. The fourth-order valence-electron chi connectivity index (χ4n) is 3.86. The van der Waals surface area contributed by atoms with E-state index in [4.69, 9.17) is 9.47 Å². The van der Waals surface area contributed by atoms with Crippen LogP contribution in [0.2, 0.25) is 0 Å². The van der Waals surface area contributed by atoms with Crippen LogP contribution in [0.3, 0.4) is 0 Å². The fourth-order valence-corrected chi connectivity index (χ4v) is 3.86. The van der Waals surface area contributed by atoms with Crippen molar-refractivity contribution in [1.82, 2.24) is 14.8 Å². The lowest BCUT2D eigenvalue weighted by Gasteiger charge is -2.33. The minimum absolute atomic E-state index is 0.264. The molecule has 1 unspecified atom stereocenters. The van der Waals surface area contributed by atoms with Crippen LogP contribution in [0.4, 0.5) is 0 Å². The van der Waals surface area contributed by atoms with Crippen molar-refractivity contribution in [3.05, 3.63) is 54.9 Å². The number of pyridine rings is 1. The zero-order valence-electron chi connectivity index (χ0n) is 17.6. The van der Waals surface area contributed by atoms with Crippen LogP contribution in [0.1, 0.15) is 0 Å². The summed E-state index contributed by atoms with van der Waals surface area (Å²) in [6.45, 7) is 4.94. The van der Waals surface area contributed by atoms with Crippen LogP contribution in [0.5, 0.6) is 11.5 Å². The molecule has 1 aromatic heterocycles. The molecule has 0 amide bonds. The molecule has 6 nitrogen and oxygen atoms in total. The molecule has 0 radical (unpaired) electrons. The molecule has 1 aliphatic rings. The second-order valence-corrected chi connectivity index (χ2v) is 7.87. The van der Waals surface area contributed by atoms with Gasteiger partial charge in [0.2, 0.25) is 0 Å². The molecule has 1 N–H and O–H groups in total. The molecule has 158 valence electrons. The first kappa shape index (κ1) is 20.6. The lowest BCUT2D eigenvalue weighted by molar-refractivity contribution is 0.0505. The standard InChI is InChI=1S/C24H29N3O3/c1-26-7-9-27(10-8-26)16-20(28)17-30-21-11-18-5-3-4-6-23(18)24(13-21)19-12-22(29-2)15-25-14-19/h3-6,11-15,20,28H,7-10,16-17H2,1-2H3. The number of hydrogen-bond donors (Lipinski definition) is 1. The summed E-state index contributed by atoms with van der Waals surface area (Å²) in [5, 5.41) is 12.7. The molecule has 0 saturated carbocycles. The second-order valence-electron chi connectivity index (χ2n) is 7.87. The smallest absolute Gasteiger partial charge is 0.137 e. The normalized spacial score (nSPS) is 16.5. The predicted molar refractivity (Wildman–Crippen MR) is 119 cm³/mol. The first-order valence-electron chi connectivity index (χ1n) is 10.4. The molecule has 0 aliphatic carbocycles. The highest BCUT2D eigenvalue weighted by Gasteiger charge is 2.17. The molecule has 30 heavy (non-hydrogen) atoms. The Bertz CT molecular complexity index is 986. The number of fused-ring (bicyclic) bond motifs is 1. The molecule has 1 fully saturated rings. The highest BCUT2D eigenvalue weighted by molar-refractivity contribution is 5.97. The highest BCUT2D eigenvalue weighted by Crippen LogP contribution is 2.34. The van der Waals surface area contributed by atoms with Crippen LogP contribution in [-0.2, 0) is 0 Å². The predicted octanol–water partition coefficient (Wildman–Crippen LogP) is 2.90. The Hall–Kier alpha value is -2.67. The first-order valence-corrected chi connectivity index (χ1v) is 10.4. The Kier molecular flexibility index (Phi) is 6.47. The maximum absolute atomic E-state index is 10.5. The summed E-state index contributed by atoms with van der Waals surface area (Å²) in [6, 6.07) is 14.2. The lowest BCUT2D eigenvalue weighted by Crippen LogP contribution is -2.47. The van der Waals surface area contributed by atoms with Crippen molar-refractivity contribution in [3.8, 4) is 22.6 Å². The van der Waals surface area contributed by atoms with Gasteiger partial charge in [-0.2, -0.15) is 0 Å². The number of rotatable bonds is 7. The number of nitrogens with zero attached hydrogens (tertiary/aromatic N) is 3. The molecule has 4 rings (SSSR count). The molecular weight excluding hydrogens is 378 g/mol. The summed E-state index contributed by atoms with van der Waals surface area (Å²) in [5.41, 5.74) is 2.00. The molecule has 1 atom stereocenters. The van der Waals surface area contributed by atoms with Gasteiger partial charge in [-0.25, -0.2) is 0 Å². The van der Waals surface area contributed by atoms with Gasteiger partial charge in [0.15, 0.2) is 0 Å². The SMILES string of the molecule is COc1cncc(-c2cc(OCC(O)CN3CCN(C)CC3)cc3ccccc23)c1. The topological polar surface area (TPSA) is 58.1 Å². The third-order valence-corrected chi connectivity index (χ3v) is 5.60. The number of likely N-dealkylation sites (N-methyl/N-ethyl adjacent to an activating group) is 1. The maximum Gasteiger partial charge on any atom is 0.137 e. The number of β-amino-alcohol motifs (C(OH)–C–C–N with tert-alkyl or cyclic N) is 1. The maximum atomic E-state index is 10.5. The van der Waals surface area contributed by atoms with E-state index in [1.54, 1.807) is 13.3 Å². The van der Waals surface area contributed by atoms with E-state index in [0.29, 0.717) is 12.3 Å². The summed E-state index contributed by atoms with van der Waals surface area (Å²) in [5.74, 6) is 1.45. The second kappa shape index (κ2) is 9.43. The van der Waals surface area contributed by atoms with Crippen molar-refractivity contribution in [2.45, 2.75) is 6.10 Å². The third-order valence-electron chi connectivity index (χ3n) is 5.60. The van der Waals surface area contributed by atoms with E-state index < -0.39 is 6.10 Å². The van der Waals surface area contributed by atoms with Gasteiger partial charge in [0.25, 0.3) is 0 Å². The van der Waals surface area contributed by atoms with Gasteiger partial charge >= 0.3 is 0 Å². The van der Waals surface area contributed by atoms with Gasteiger partial charge in [-0.05, 0) is 41.6 Å². The molecule has 3 aromatic rings. The Labute approximate surface area is 177 Å². The number of aromatic nitrogens is 1. The number of methoxy groups -OCH3 is 1. The Morgan fingerprint density at radius 1 is 1.03 bits per heavy atom. The highest BCUT2D eigenvalue weighted by atomic mass is 16.5. The number of ether oxygens (including phenoxy) is 2. The Morgan fingerprint density at radius 3 is 2.63 bits per heavy atom. The number of hydrogen-bond acceptors (Lipinski definition) is 6. The van der Waals surface area contributed by atoms with E-state index in [0.717, 1.165) is 53.8 Å². The number of benzene rings is 2. The minimum Gasteiger partial charge on any atom is -0.495 e. The molecule has 0 bridgehead atoms.